The van der Waals surface area contributed by atoms with Gasteiger partial charge in [0.1, 0.15) is 0 Å². The summed E-state index contributed by atoms with van der Waals surface area (Å²) in [6.07, 6.45) is 1.16. The zero-order valence-corrected chi connectivity index (χ0v) is 17.6. The van der Waals surface area contributed by atoms with Crippen molar-refractivity contribution in [3.63, 3.8) is 0 Å². The SMILES string of the molecule is CCOCCn1c(=NC(=O)c2ccc(C#N)cc2)sc2cc(S(C)(=O)=O)ccc21. The van der Waals surface area contributed by atoms with E-state index in [0.29, 0.717) is 35.7 Å². The van der Waals surface area contributed by atoms with Gasteiger partial charge in [0.15, 0.2) is 14.6 Å². The molecule has 2 aromatic carbocycles. The highest BCUT2D eigenvalue weighted by Gasteiger charge is 2.13. The lowest BCUT2D eigenvalue weighted by Gasteiger charge is -2.06. The third-order valence-electron chi connectivity index (χ3n) is 4.20. The van der Waals surface area contributed by atoms with Gasteiger partial charge in [0.05, 0.1) is 33.4 Å². The molecule has 150 valence electrons. The molecule has 0 unspecified atom stereocenters. The Morgan fingerprint density at radius 2 is 1.97 bits per heavy atom. The molecule has 0 fully saturated rings. The van der Waals surface area contributed by atoms with Crippen molar-refractivity contribution < 1.29 is 17.9 Å². The topological polar surface area (TPSA) is 102 Å². The van der Waals surface area contributed by atoms with Crippen LogP contribution < -0.4 is 4.80 Å². The summed E-state index contributed by atoms with van der Waals surface area (Å²) in [5, 5.41) is 8.89. The highest BCUT2D eigenvalue weighted by molar-refractivity contribution is 7.90. The van der Waals surface area contributed by atoms with E-state index in [1.54, 1.807) is 42.5 Å². The smallest absolute Gasteiger partial charge is 0.279 e. The van der Waals surface area contributed by atoms with Gasteiger partial charge in [-0.1, -0.05) is 11.3 Å². The number of thiazole rings is 1. The summed E-state index contributed by atoms with van der Waals surface area (Å²) in [6.45, 7) is 3.38. The molecule has 0 saturated heterocycles. The van der Waals surface area contributed by atoms with Crippen LogP contribution in [-0.2, 0) is 21.1 Å². The molecule has 3 rings (SSSR count). The van der Waals surface area contributed by atoms with Gasteiger partial charge in [-0.05, 0) is 49.4 Å². The Morgan fingerprint density at radius 1 is 1.24 bits per heavy atom. The second-order valence-electron chi connectivity index (χ2n) is 6.24. The zero-order valence-electron chi connectivity index (χ0n) is 16.0. The number of nitriles is 1. The third-order valence-corrected chi connectivity index (χ3v) is 6.36. The van der Waals surface area contributed by atoms with E-state index >= 15 is 0 Å². The highest BCUT2D eigenvalue weighted by atomic mass is 32.2. The molecular weight excluding hydrogens is 410 g/mol. The van der Waals surface area contributed by atoms with E-state index in [2.05, 4.69) is 4.99 Å². The molecule has 0 saturated carbocycles. The number of benzene rings is 2. The molecule has 0 bridgehead atoms. The number of carbonyl (C=O) groups excluding carboxylic acids is 1. The Bertz CT molecular complexity index is 1260. The van der Waals surface area contributed by atoms with Crippen LogP contribution in [0.25, 0.3) is 10.2 Å². The van der Waals surface area contributed by atoms with Gasteiger partial charge in [-0.2, -0.15) is 10.3 Å². The molecule has 0 aliphatic heterocycles. The van der Waals surface area contributed by atoms with Crippen LogP contribution in [0, 0.1) is 11.3 Å². The minimum atomic E-state index is -3.34. The summed E-state index contributed by atoms with van der Waals surface area (Å²) in [7, 11) is -3.34. The van der Waals surface area contributed by atoms with Crippen LogP contribution in [-0.4, -0.2) is 38.4 Å². The van der Waals surface area contributed by atoms with Crippen molar-refractivity contribution in [2.75, 3.05) is 19.5 Å². The summed E-state index contributed by atoms with van der Waals surface area (Å²) < 4.78 is 31.7. The zero-order chi connectivity index (χ0) is 21.0. The van der Waals surface area contributed by atoms with Crippen LogP contribution in [0.1, 0.15) is 22.8 Å². The lowest BCUT2D eigenvalue weighted by molar-refractivity contribution is 0.0996. The summed E-state index contributed by atoms with van der Waals surface area (Å²) in [6, 6.07) is 13.1. The Hall–Kier alpha value is -2.80. The molecule has 1 heterocycles. The number of hydrogen-bond acceptors (Lipinski definition) is 6. The van der Waals surface area contributed by atoms with Crippen LogP contribution in [0.5, 0.6) is 0 Å². The Balaban J connectivity index is 2.10. The maximum absolute atomic E-state index is 12.6. The van der Waals surface area contributed by atoms with Crippen LogP contribution >= 0.6 is 11.3 Å². The Labute approximate surface area is 172 Å². The van der Waals surface area contributed by atoms with Gasteiger partial charge in [0.2, 0.25) is 0 Å². The highest BCUT2D eigenvalue weighted by Crippen LogP contribution is 2.22. The first kappa shape index (κ1) is 20.9. The molecule has 0 atom stereocenters. The molecule has 29 heavy (non-hydrogen) atoms. The first-order valence-corrected chi connectivity index (χ1v) is 11.5. The number of fused-ring (bicyclic) bond motifs is 1. The summed E-state index contributed by atoms with van der Waals surface area (Å²) in [5.74, 6) is -0.436. The average Bonchev–Trinajstić information content (AvgIpc) is 3.04. The summed E-state index contributed by atoms with van der Waals surface area (Å²) >= 11 is 1.25. The van der Waals surface area contributed by atoms with Crippen LogP contribution in [0.15, 0.2) is 52.4 Å². The predicted octanol–water partition coefficient (Wildman–Crippen LogP) is 2.76. The second kappa shape index (κ2) is 8.69. The fourth-order valence-electron chi connectivity index (χ4n) is 2.72. The minimum absolute atomic E-state index is 0.216. The Kier molecular flexibility index (Phi) is 6.27. The van der Waals surface area contributed by atoms with E-state index in [1.165, 1.54) is 11.3 Å². The van der Waals surface area contributed by atoms with Crippen LogP contribution in [0.4, 0.5) is 0 Å². The number of carbonyl (C=O) groups is 1. The normalized spacial score (nSPS) is 12.2. The van der Waals surface area contributed by atoms with Crippen molar-refractivity contribution in [1.82, 2.24) is 4.57 Å². The number of sulfone groups is 1. The standard InChI is InChI=1S/C20H19N3O4S2/c1-3-27-11-10-23-17-9-8-16(29(2,25)26)12-18(17)28-20(23)22-19(24)15-6-4-14(13-21)5-7-15/h4-9,12H,3,10-11H2,1-2H3. The predicted molar refractivity (Wildman–Crippen MR) is 110 cm³/mol. The van der Waals surface area contributed by atoms with Crippen molar-refractivity contribution in [2.45, 2.75) is 18.4 Å². The van der Waals surface area contributed by atoms with Crippen LogP contribution in [0.2, 0.25) is 0 Å². The van der Waals surface area contributed by atoms with Crippen molar-refractivity contribution in [1.29, 1.82) is 5.26 Å². The summed E-state index contributed by atoms with van der Waals surface area (Å²) in [4.78, 5) is 17.5. The number of aromatic nitrogens is 1. The monoisotopic (exact) mass is 429 g/mol. The number of hydrogen-bond donors (Lipinski definition) is 0. The van der Waals surface area contributed by atoms with Crippen molar-refractivity contribution in [3.8, 4) is 6.07 Å². The first-order chi connectivity index (χ1) is 13.8. The van der Waals surface area contributed by atoms with Gasteiger partial charge >= 0.3 is 0 Å². The van der Waals surface area contributed by atoms with E-state index in [1.807, 2.05) is 17.6 Å². The molecule has 1 aromatic heterocycles. The van der Waals surface area contributed by atoms with Crippen molar-refractivity contribution in [3.05, 3.63) is 58.4 Å². The minimum Gasteiger partial charge on any atom is -0.380 e. The number of nitrogens with zero attached hydrogens (tertiary/aromatic N) is 3. The number of amides is 1. The van der Waals surface area contributed by atoms with Gasteiger partial charge in [0, 0.05) is 25.0 Å². The first-order valence-electron chi connectivity index (χ1n) is 8.84. The van der Waals surface area contributed by atoms with Crippen molar-refractivity contribution in [2.24, 2.45) is 4.99 Å². The van der Waals surface area contributed by atoms with Gasteiger partial charge in [-0.15, -0.1) is 0 Å². The van der Waals surface area contributed by atoms with Crippen LogP contribution in [0.3, 0.4) is 0 Å². The molecule has 9 heteroatoms. The molecule has 1 amide bonds. The second-order valence-corrected chi connectivity index (χ2v) is 9.27. The van der Waals surface area contributed by atoms with Crippen molar-refractivity contribution >= 4 is 37.3 Å². The van der Waals surface area contributed by atoms with E-state index in [4.69, 9.17) is 10.00 Å². The lowest BCUT2D eigenvalue weighted by Crippen LogP contribution is -2.19. The third kappa shape index (κ3) is 4.79. The average molecular weight is 430 g/mol. The summed E-state index contributed by atoms with van der Waals surface area (Å²) in [5.41, 5.74) is 1.62. The quantitative estimate of drug-likeness (QED) is 0.561. The number of ether oxygens (including phenoxy) is 1. The van der Waals surface area contributed by atoms with Gasteiger partial charge < -0.3 is 9.30 Å². The van der Waals surface area contributed by atoms with E-state index in [-0.39, 0.29) is 4.90 Å². The molecule has 3 aromatic rings. The number of rotatable bonds is 6. The molecule has 0 spiro atoms. The maximum atomic E-state index is 12.6. The molecule has 0 N–H and O–H groups in total. The lowest BCUT2D eigenvalue weighted by atomic mass is 10.1. The Morgan fingerprint density at radius 3 is 2.59 bits per heavy atom. The van der Waals surface area contributed by atoms with E-state index in [0.717, 1.165) is 16.5 Å². The fraction of sp³-hybridized carbons (Fsp3) is 0.250. The molecule has 0 aliphatic carbocycles. The van der Waals surface area contributed by atoms with E-state index in [9.17, 15) is 13.2 Å². The van der Waals surface area contributed by atoms with Gasteiger partial charge in [0.25, 0.3) is 5.91 Å². The maximum Gasteiger partial charge on any atom is 0.279 e. The molecular formula is C20H19N3O4S2. The van der Waals surface area contributed by atoms with Gasteiger partial charge in [-0.3, -0.25) is 4.79 Å². The largest absolute Gasteiger partial charge is 0.380 e. The van der Waals surface area contributed by atoms with E-state index < -0.39 is 15.7 Å². The molecule has 0 aliphatic rings. The van der Waals surface area contributed by atoms with Gasteiger partial charge in [-0.25, -0.2) is 8.42 Å². The molecule has 0 radical (unpaired) electrons. The molecule has 7 nitrogen and oxygen atoms in total. The fourth-order valence-corrected chi connectivity index (χ4v) is 4.54.